The number of nitrogens with zero attached hydrogens (tertiary/aromatic N) is 3. The molecule has 0 spiro atoms. The Labute approximate surface area is 229 Å². The predicted octanol–water partition coefficient (Wildman–Crippen LogP) is 3.39. The number of benzene rings is 1. The zero-order valence-corrected chi connectivity index (χ0v) is 23.3. The summed E-state index contributed by atoms with van der Waals surface area (Å²) in [4.78, 5) is 39.9. The zero-order chi connectivity index (χ0) is 27.4. The van der Waals surface area contributed by atoms with E-state index < -0.39 is 12.1 Å². The Bertz CT molecular complexity index is 957. The number of hydrogen-bond donors (Lipinski definition) is 2. The van der Waals surface area contributed by atoms with E-state index in [2.05, 4.69) is 29.4 Å². The summed E-state index contributed by atoms with van der Waals surface area (Å²) in [5.41, 5.74) is 0. The van der Waals surface area contributed by atoms with Gasteiger partial charge >= 0.3 is 0 Å². The lowest BCUT2D eigenvalue weighted by atomic mass is 10.1. The molecular weight excluding hydrogens is 517 g/mol. The molecule has 2 N–H and O–H groups in total. The summed E-state index contributed by atoms with van der Waals surface area (Å²) in [6, 6.07) is 5.58. The fourth-order valence-electron chi connectivity index (χ4n) is 4.38. The number of likely N-dealkylation sites (tertiary alicyclic amines) is 1. The third kappa shape index (κ3) is 9.69. The number of nitrogens with one attached hydrogen (secondary N) is 2. The van der Waals surface area contributed by atoms with Crippen LogP contribution in [0.3, 0.4) is 0 Å². The molecule has 1 unspecified atom stereocenters. The van der Waals surface area contributed by atoms with Gasteiger partial charge in [-0.1, -0.05) is 37.0 Å². The van der Waals surface area contributed by atoms with Gasteiger partial charge in [-0.15, -0.1) is 0 Å². The van der Waals surface area contributed by atoms with Gasteiger partial charge in [-0.05, 0) is 63.9 Å². The van der Waals surface area contributed by atoms with E-state index in [0.717, 1.165) is 45.3 Å². The van der Waals surface area contributed by atoms with Crippen LogP contribution in [0.2, 0.25) is 10.0 Å². The van der Waals surface area contributed by atoms with E-state index in [-0.39, 0.29) is 30.4 Å². The van der Waals surface area contributed by atoms with E-state index in [1.54, 1.807) is 30.0 Å². The Balaban J connectivity index is 0.000000700. The molecule has 204 valence electrons. The van der Waals surface area contributed by atoms with Crippen LogP contribution in [0.25, 0.3) is 0 Å². The molecule has 3 atom stereocenters. The van der Waals surface area contributed by atoms with E-state index >= 15 is 0 Å². The predicted molar refractivity (Wildman–Crippen MR) is 143 cm³/mol. The summed E-state index contributed by atoms with van der Waals surface area (Å²) in [6.45, 7) is 8.73. The molecular formula is C26H37Cl2N5O4. The number of carbonyl (C=O) groups excluding carboxylic acids is 3. The summed E-state index contributed by atoms with van der Waals surface area (Å²) in [5.74, 6) is -0.0588. The maximum atomic E-state index is 13.0. The molecule has 11 heteroatoms. The van der Waals surface area contributed by atoms with Crippen LogP contribution in [-0.2, 0) is 14.4 Å². The summed E-state index contributed by atoms with van der Waals surface area (Å²) >= 11 is 12.0. The molecule has 1 aromatic carbocycles. The van der Waals surface area contributed by atoms with Gasteiger partial charge in [-0.25, -0.2) is 0 Å². The Morgan fingerprint density at radius 1 is 1.30 bits per heavy atom. The number of ether oxygens (including phenoxy) is 1. The van der Waals surface area contributed by atoms with Gasteiger partial charge < -0.3 is 20.3 Å². The summed E-state index contributed by atoms with van der Waals surface area (Å²) < 4.78 is 5.61. The second-order valence-corrected chi connectivity index (χ2v) is 10.0. The van der Waals surface area contributed by atoms with Crippen molar-refractivity contribution < 1.29 is 19.1 Å². The molecule has 2 aliphatic heterocycles. The molecule has 2 aliphatic rings. The van der Waals surface area contributed by atoms with Crippen LogP contribution in [0.5, 0.6) is 5.75 Å². The molecule has 3 rings (SSSR count). The monoisotopic (exact) mass is 553 g/mol. The fraction of sp³-hybridized carbons (Fsp3) is 0.615. The second kappa shape index (κ2) is 15.7. The zero-order valence-electron chi connectivity index (χ0n) is 21.8. The Morgan fingerprint density at radius 2 is 2.00 bits per heavy atom. The SMILES string of the molecule is CCCN(CCC)[C@@H]1CC(C(=O)N[C@@H](C)C#N)N(C(=O)COc2ccc(Cl)cc2Cl)C1.O=C1CCCN1. The number of rotatable bonds is 10. The smallest absolute Gasteiger partial charge is 0.261 e. The Kier molecular flexibility index (Phi) is 13.0. The van der Waals surface area contributed by atoms with Gasteiger partial charge in [0.1, 0.15) is 17.8 Å². The quantitative estimate of drug-likeness (QED) is 0.459. The van der Waals surface area contributed by atoms with Gasteiger partial charge in [0.25, 0.3) is 5.91 Å². The Morgan fingerprint density at radius 3 is 2.51 bits per heavy atom. The van der Waals surface area contributed by atoms with Crippen molar-refractivity contribution >= 4 is 40.9 Å². The van der Waals surface area contributed by atoms with E-state index in [1.165, 1.54) is 0 Å². The van der Waals surface area contributed by atoms with Gasteiger partial charge in [-0.2, -0.15) is 5.26 Å². The molecule has 0 aliphatic carbocycles. The molecule has 0 aromatic heterocycles. The highest BCUT2D eigenvalue weighted by Gasteiger charge is 2.41. The van der Waals surface area contributed by atoms with Crippen molar-refractivity contribution in [3.8, 4) is 11.8 Å². The first-order valence-corrected chi connectivity index (χ1v) is 13.5. The van der Waals surface area contributed by atoms with Crippen LogP contribution in [0.15, 0.2) is 18.2 Å². The van der Waals surface area contributed by atoms with Crippen LogP contribution >= 0.6 is 23.2 Å². The lowest BCUT2D eigenvalue weighted by Gasteiger charge is -2.28. The first kappa shape index (κ1) is 30.7. The van der Waals surface area contributed by atoms with E-state index in [4.69, 9.17) is 33.2 Å². The first-order chi connectivity index (χ1) is 17.7. The van der Waals surface area contributed by atoms with Crippen molar-refractivity contribution in [3.63, 3.8) is 0 Å². The fourth-order valence-corrected chi connectivity index (χ4v) is 4.84. The van der Waals surface area contributed by atoms with Crippen molar-refractivity contribution in [1.82, 2.24) is 20.4 Å². The van der Waals surface area contributed by atoms with E-state index in [9.17, 15) is 14.4 Å². The summed E-state index contributed by atoms with van der Waals surface area (Å²) in [5, 5.41) is 15.2. The van der Waals surface area contributed by atoms with Crippen molar-refractivity contribution in [1.29, 1.82) is 5.26 Å². The number of carbonyl (C=O) groups is 3. The molecule has 2 saturated heterocycles. The molecule has 0 bridgehead atoms. The number of hydrogen-bond acceptors (Lipinski definition) is 6. The largest absolute Gasteiger partial charge is 0.482 e. The van der Waals surface area contributed by atoms with Gasteiger partial charge in [0.15, 0.2) is 6.61 Å². The lowest BCUT2D eigenvalue weighted by Crippen LogP contribution is -2.49. The standard InChI is InChI=1S/C22H30Cl2N4O3.C4H7NO/c1-4-8-27(9-5-2)17-11-19(22(30)26-15(3)12-25)28(13-17)21(29)14-31-20-7-6-16(23)10-18(20)24;6-4-2-1-3-5-4/h6-7,10,15,17,19H,4-5,8-9,11,13-14H2,1-3H3,(H,26,30);1-3H2,(H,5,6)/t15-,17+,19?;/m0./s1. The van der Waals surface area contributed by atoms with Gasteiger partial charge in [0, 0.05) is 30.6 Å². The molecule has 3 amide bonds. The van der Waals surface area contributed by atoms with Crippen LogP contribution in [0.1, 0.15) is 52.9 Å². The number of halogens is 2. The average molecular weight is 555 g/mol. The summed E-state index contributed by atoms with van der Waals surface area (Å²) in [6.07, 6.45) is 4.27. The molecule has 2 fully saturated rings. The summed E-state index contributed by atoms with van der Waals surface area (Å²) in [7, 11) is 0. The van der Waals surface area contributed by atoms with Crippen molar-refractivity contribution in [3.05, 3.63) is 28.2 Å². The van der Waals surface area contributed by atoms with Gasteiger partial charge in [0.2, 0.25) is 11.8 Å². The van der Waals surface area contributed by atoms with E-state index in [0.29, 0.717) is 28.8 Å². The molecule has 0 radical (unpaired) electrons. The van der Waals surface area contributed by atoms with Crippen molar-refractivity contribution in [2.75, 3.05) is 32.8 Å². The van der Waals surface area contributed by atoms with Crippen LogP contribution in [0, 0.1) is 11.3 Å². The third-order valence-electron chi connectivity index (χ3n) is 6.14. The Hall–Kier alpha value is -2.54. The van der Waals surface area contributed by atoms with Crippen molar-refractivity contribution in [2.24, 2.45) is 0 Å². The minimum Gasteiger partial charge on any atom is -0.482 e. The van der Waals surface area contributed by atoms with Crippen LogP contribution in [0.4, 0.5) is 0 Å². The normalized spacial score (nSPS) is 19.5. The maximum Gasteiger partial charge on any atom is 0.261 e. The molecule has 1 aromatic rings. The number of amides is 3. The average Bonchev–Trinajstić information content (AvgIpc) is 3.53. The molecule has 9 nitrogen and oxygen atoms in total. The highest BCUT2D eigenvalue weighted by Crippen LogP contribution is 2.28. The number of nitriles is 1. The minimum absolute atomic E-state index is 0.0797. The molecule has 0 saturated carbocycles. The molecule has 2 heterocycles. The van der Waals surface area contributed by atoms with E-state index in [1.807, 2.05) is 6.07 Å². The highest BCUT2D eigenvalue weighted by atomic mass is 35.5. The maximum absolute atomic E-state index is 13.0. The van der Waals surface area contributed by atoms with Crippen molar-refractivity contribution in [2.45, 2.75) is 71.0 Å². The highest BCUT2D eigenvalue weighted by molar-refractivity contribution is 6.35. The van der Waals surface area contributed by atoms with Crippen LogP contribution < -0.4 is 15.4 Å². The van der Waals surface area contributed by atoms with Crippen LogP contribution in [-0.4, -0.2) is 78.4 Å². The van der Waals surface area contributed by atoms with Gasteiger partial charge in [0.05, 0.1) is 11.1 Å². The second-order valence-electron chi connectivity index (χ2n) is 9.16. The first-order valence-electron chi connectivity index (χ1n) is 12.8. The topological polar surface area (TPSA) is 115 Å². The third-order valence-corrected chi connectivity index (χ3v) is 6.67. The van der Waals surface area contributed by atoms with Gasteiger partial charge in [-0.3, -0.25) is 19.3 Å². The molecule has 37 heavy (non-hydrogen) atoms. The lowest BCUT2D eigenvalue weighted by molar-refractivity contribution is -0.140. The minimum atomic E-state index is -0.645.